The van der Waals surface area contributed by atoms with E-state index in [-0.39, 0.29) is 28.0 Å². The predicted molar refractivity (Wildman–Crippen MR) is 140 cm³/mol. The molecule has 0 bridgehead atoms. The number of rotatable bonds is 9. The van der Waals surface area contributed by atoms with Crippen LogP contribution in [-0.2, 0) is 9.53 Å². The average molecular weight is 561 g/mol. The predicted octanol–water partition coefficient (Wildman–Crippen LogP) is 3.43. The molecule has 39 heavy (non-hydrogen) atoms. The van der Waals surface area contributed by atoms with Crippen LogP contribution >= 0.6 is 11.3 Å². The van der Waals surface area contributed by atoms with E-state index in [9.17, 15) is 18.4 Å². The first-order valence-corrected chi connectivity index (χ1v) is 12.6. The highest BCUT2D eigenvalue weighted by Crippen LogP contribution is 2.42. The summed E-state index contributed by atoms with van der Waals surface area (Å²) in [5.41, 5.74) is 0.802. The van der Waals surface area contributed by atoms with Crippen molar-refractivity contribution in [2.24, 2.45) is 4.99 Å². The molecule has 206 valence electrons. The molecule has 0 N–H and O–H groups in total. The van der Waals surface area contributed by atoms with Crippen LogP contribution in [0, 0.1) is 0 Å². The Kier molecular flexibility index (Phi) is 8.34. The van der Waals surface area contributed by atoms with E-state index in [0.717, 1.165) is 11.3 Å². The molecule has 4 rings (SSSR count). The molecule has 0 saturated heterocycles. The van der Waals surface area contributed by atoms with Crippen molar-refractivity contribution in [1.82, 2.24) is 4.57 Å². The normalized spacial score (nSPS) is 15.1. The Morgan fingerprint density at radius 3 is 2.36 bits per heavy atom. The van der Waals surface area contributed by atoms with Crippen molar-refractivity contribution >= 4 is 23.4 Å². The number of nitrogens with zero attached hydrogens (tertiary/aromatic N) is 2. The highest BCUT2D eigenvalue weighted by Gasteiger charge is 2.34. The first kappa shape index (κ1) is 27.8. The highest BCUT2D eigenvalue weighted by atomic mass is 32.1. The third-order valence-electron chi connectivity index (χ3n) is 5.94. The molecule has 2 heterocycles. The second-order valence-electron chi connectivity index (χ2n) is 8.18. The molecule has 1 aliphatic heterocycles. The van der Waals surface area contributed by atoms with Gasteiger partial charge in [0.25, 0.3) is 5.56 Å². The molecule has 0 spiro atoms. The summed E-state index contributed by atoms with van der Waals surface area (Å²) in [5.74, 6) is 0.269. The number of esters is 1. The number of thiazole rings is 1. The summed E-state index contributed by atoms with van der Waals surface area (Å²) >= 11 is 1.05. The van der Waals surface area contributed by atoms with Crippen molar-refractivity contribution < 1.29 is 37.3 Å². The molecule has 0 aliphatic carbocycles. The van der Waals surface area contributed by atoms with E-state index < -0.39 is 24.2 Å². The number of hydrogen-bond acceptors (Lipinski definition) is 9. The Morgan fingerprint density at radius 2 is 1.77 bits per heavy atom. The van der Waals surface area contributed by atoms with Crippen LogP contribution in [-0.4, -0.2) is 45.1 Å². The Hall–Kier alpha value is -4.19. The molecule has 0 unspecified atom stereocenters. The Balaban J connectivity index is 2.00. The van der Waals surface area contributed by atoms with Gasteiger partial charge in [-0.2, -0.15) is 8.78 Å². The van der Waals surface area contributed by atoms with Crippen LogP contribution in [0.5, 0.6) is 23.0 Å². The van der Waals surface area contributed by atoms with E-state index in [1.54, 1.807) is 44.2 Å². The average Bonchev–Trinajstić information content (AvgIpc) is 3.21. The fourth-order valence-electron chi connectivity index (χ4n) is 4.31. The summed E-state index contributed by atoms with van der Waals surface area (Å²) in [6, 6.07) is 8.47. The van der Waals surface area contributed by atoms with Crippen molar-refractivity contribution in [3.05, 3.63) is 78.5 Å². The monoisotopic (exact) mass is 560 g/mol. The number of halogens is 2. The smallest absolute Gasteiger partial charge is 0.387 e. The Bertz CT molecular complexity index is 1590. The van der Waals surface area contributed by atoms with E-state index in [4.69, 9.17) is 18.9 Å². The number of para-hydroxylation sites is 1. The number of fused-ring (bicyclic) bond motifs is 1. The van der Waals surface area contributed by atoms with Crippen LogP contribution in [0.3, 0.4) is 0 Å². The van der Waals surface area contributed by atoms with Crippen molar-refractivity contribution in [2.45, 2.75) is 26.5 Å². The number of benzene rings is 2. The zero-order valence-electron chi connectivity index (χ0n) is 21.8. The van der Waals surface area contributed by atoms with E-state index in [0.29, 0.717) is 33.3 Å². The van der Waals surface area contributed by atoms with Crippen molar-refractivity contribution in [3.63, 3.8) is 0 Å². The third-order valence-corrected chi connectivity index (χ3v) is 6.92. The number of carbonyl (C=O) groups excluding carboxylic acids is 1. The lowest BCUT2D eigenvalue weighted by Gasteiger charge is -2.26. The number of aromatic nitrogens is 1. The van der Waals surface area contributed by atoms with Crippen LogP contribution in [0.4, 0.5) is 8.78 Å². The highest BCUT2D eigenvalue weighted by molar-refractivity contribution is 7.07. The van der Waals surface area contributed by atoms with Gasteiger partial charge in [-0.3, -0.25) is 9.36 Å². The molecular formula is C27H26F2N2O7S. The maximum Gasteiger partial charge on any atom is 0.387 e. The molecule has 0 amide bonds. The summed E-state index contributed by atoms with van der Waals surface area (Å²) in [6.45, 7) is 0.412. The minimum Gasteiger partial charge on any atom is -0.493 e. The molecule has 2 aromatic carbocycles. The van der Waals surface area contributed by atoms with Gasteiger partial charge in [0.05, 0.1) is 49.8 Å². The molecule has 0 radical (unpaired) electrons. The first-order valence-electron chi connectivity index (χ1n) is 11.8. The summed E-state index contributed by atoms with van der Waals surface area (Å²) < 4.78 is 53.8. The van der Waals surface area contributed by atoms with Gasteiger partial charge in [0, 0.05) is 5.56 Å². The van der Waals surface area contributed by atoms with E-state index >= 15 is 0 Å². The number of carbonyl (C=O) groups is 1. The van der Waals surface area contributed by atoms with Gasteiger partial charge < -0.3 is 23.7 Å². The SMILES string of the molecule is CCOC(=O)C1=C(C)N=c2s/c(=C/c3ccccc3OC(F)F)c(=O)n2[C@@H]1c1cc(OC)c(OC)c(OC)c1. The van der Waals surface area contributed by atoms with Gasteiger partial charge in [-0.05, 0) is 43.7 Å². The Labute approximate surface area is 226 Å². The van der Waals surface area contributed by atoms with Crippen molar-refractivity contribution in [1.29, 1.82) is 0 Å². The van der Waals surface area contributed by atoms with Gasteiger partial charge in [0.15, 0.2) is 16.3 Å². The zero-order chi connectivity index (χ0) is 28.3. The summed E-state index contributed by atoms with van der Waals surface area (Å²) in [5, 5.41) is 0. The van der Waals surface area contributed by atoms with Crippen molar-refractivity contribution in [2.75, 3.05) is 27.9 Å². The molecule has 1 atom stereocenters. The number of alkyl halides is 2. The summed E-state index contributed by atoms with van der Waals surface area (Å²) in [7, 11) is 4.38. The summed E-state index contributed by atoms with van der Waals surface area (Å²) in [4.78, 5) is 31.8. The lowest BCUT2D eigenvalue weighted by Crippen LogP contribution is -2.40. The molecular weight excluding hydrogens is 534 g/mol. The van der Waals surface area contributed by atoms with Gasteiger partial charge in [-0.1, -0.05) is 29.5 Å². The van der Waals surface area contributed by atoms with Gasteiger partial charge in [0.2, 0.25) is 5.75 Å². The second-order valence-corrected chi connectivity index (χ2v) is 9.19. The molecule has 1 aromatic heterocycles. The summed E-state index contributed by atoms with van der Waals surface area (Å²) in [6.07, 6.45) is 1.46. The second kappa shape index (κ2) is 11.7. The lowest BCUT2D eigenvalue weighted by molar-refractivity contribution is -0.139. The molecule has 9 nitrogen and oxygen atoms in total. The number of hydrogen-bond donors (Lipinski definition) is 0. The van der Waals surface area contributed by atoms with Crippen LogP contribution in [0.15, 0.2) is 57.5 Å². The fraction of sp³-hybridized carbons (Fsp3) is 0.296. The zero-order valence-corrected chi connectivity index (χ0v) is 22.6. The minimum absolute atomic E-state index is 0.0806. The maximum absolute atomic E-state index is 13.8. The number of ether oxygens (including phenoxy) is 5. The fourth-order valence-corrected chi connectivity index (χ4v) is 5.35. The first-order chi connectivity index (χ1) is 18.7. The standard InChI is InChI=1S/C27H26F2N2O7S/c1-6-37-25(33)21-14(2)30-27-31(22(21)16-11-18(34-3)23(36-5)19(12-16)35-4)24(32)20(39-27)13-15-9-7-8-10-17(15)38-26(28)29/h7-13,22,26H,6H2,1-5H3/b20-13+/t22-/m1/s1. The molecule has 1 aliphatic rings. The van der Waals surface area contributed by atoms with E-state index in [1.165, 1.54) is 38.0 Å². The molecule has 0 fully saturated rings. The van der Waals surface area contributed by atoms with E-state index in [2.05, 4.69) is 9.73 Å². The van der Waals surface area contributed by atoms with Crippen LogP contribution in [0.25, 0.3) is 6.08 Å². The Morgan fingerprint density at radius 1 is 1.10 bits per heavy atom. The quantitative estimate of drug-likeness (QED) is 0.370. The molecule has 0 saturated carbocycles. The minimum atomic E-state index is -3.03. The number of allylic oxidation sites excluding steroid dienone is 1. The van der Waals surface area contributed by atoms with Crippen LogP contribution < -0.4 is 33.8 Å². The largest absolute Gasteiger partial charge is 0.493 e. The van der Waals surface area contributed by atoms with Crippen molar-refractivity contribution in [3.8, 4) is 23.0 Å². The van der Waals surface area contributed by atoms with Gasteiger partial charge >= 0.3 is 12.6 Å². The third kappa shape index (κ3) is 5.37. The maximum atomic E-state index is 13.8. The van der Waals surface area contributed by atoms with Gasteiger partial charge in [-0.15, -0.1) is 0 Å². The van der Waals surface area contributed by atoms with E-state index in [1.807, 2.05) is 0 Å². The molecule has 12 heteroatoms. The van der Waals surface area contributed by atoms with Gasteiger partial charge in [-0.25, -0.2) is 9.79 Å². The lowest BCUT2D eigenvalue weighted by atomic mass is 9.95. The molecule has 3 aromatic rings. The topological polar surface area (TPSA) is 97.6 Å². The number of methoxy groups -OCH3 is 3. The van der Waals surface area contributed by atoms with Gasteiger partial charge in [0.1, 0.15) is 5.75 Å². The van der Waals surface area contributed by atoms with Crippen LogP contribution in [0.2, 0.25) is 0 Å². The van der Waals surface area contributed by atoms with Crippen LogP contribution in [0.1, 0.15) is 31.0 Å².